The van der Waals surface area contributed by atoms with Crippen molar-refractivity contribution in [2.75, 3.05) is 12.4 Å². The molecule has 0 aromatic heterocycles. The molecule has 0 heterocycles. The highest BCUT2D eigenvalue weighted by Gasteiger charge is 2.38. The fraction of sp³-hybridized carbons (Fsp3) is 0.348. The number of carboxylic acid groups (broad SMARTS) is 1. The molecule has 2 rings (SSSR count). The van der Waals surface area contributed by atoms with Gasteiger partial charge < -0.3 is 19.9 Å². The topological polar surface area (TPSA) is 137 Å². The second-order valence-corrected chi connectivity index (χ2v) is 7.52. The number of aliphatic carboxylic acids is 1. The second-order valence-electron chi connectivity index (χ2n) is 7.52. The lowest BCUT2D eigenvalue weighted by Gasteiger charge is -2.18. The van der Waals surface area contributed by atoms with Crippen LogP contribution in [0.1, 0.15) is 36.2 Å². The number of nitrogens with two attached hydrogens (primary N) is 1. The number of carbonyl (C=O) groups is 3. The molecule has 0 aliphatic carbocycles. The van der Waals surface area contributed by atoms with Crippen molar-refractivity contribution in [3.63, 3.8) is 0 Å². The molecule has 9 nitrogen and oxygen atoms in total. The van der Waals surface area contributed by atoms with Crippen LogP contribution >= 0.6 is 0 Å². The number of carboxylic acids is 1. The third-order valence-electron chi connectivity index (χ3n) is 4.28. The van der Waals surface area contributed by atoms with E-state index in [1.165, 1.54) is 13.2 Å². The Balaban J connectivity index is 0.000000762. The van der Waals surface area contributed by atoms with Gasteiger partial charge in [-0.3, -0.25) is 9.63 Å². The van der Waals surface area contributed by atoms with E-state index in [0.717, 1.165) is 5.56 Å². The number of esters is 1. The van der Waals surface area contributed by atoms with E-state index in [1.807, 2.05) is 44.2 Å². The van der Waals surface area contributed by atoms with Crippen LogP contribution in [-0.2, 0) is 25.8 Å². The molecule has 12 heteroatoms. The van der Waals surface area contributed by atoms with Crippen molar-refractivity contribution in [2.45, 2.75) is 39.2 Å². The van der Waals surface area contributed by atoms with E-state index < -0.39 is 30.1 Å². The Morgan fingerprint density at radius 3 is 2.17 bits per heavy atom. The van der Waals surface area contributed by atoms with Crippen LogP contribution in [0, 0.1) is 5.92 Å². The van der Waals surface area contributed by atoms with Crippen molar-refractivity contribution in [3.05, 3.63) is 59.7 Å². The minimum atomic E-state index is -5.08. The number of alkyl halides is 3. The van der Waals surface area contributed by atoms with E-state index in [2.05, 4.69) is 5.32 Å². The molecule has 0 fully saturated rings. The van der Waals surface area contributed by atoms with Crippen LogP contribution in [0.4, 0.5) is 18.9 Å². The molecule has 0 radical (unpaired) electrons. The second kappa shape index (κ2) is 13.9. The van der Waals surface area contributed by atoms with Crippen molar-refractivity contribution in [1.29, 1.82) is 0 Å². The highest BCUT2D eigenvalue weighted by atomic mass is 19.4. The summed E-state index contributed by atoms with van der Waals surface area (Å²) in [5, 5.41) is 9.87. The van der Waals surface area contributed by atoms with Crippen LogP contribution in [0.5, 0.6) is 5.75 Å². The van der Waals surface area contributed by atoms with Crippen LogP contribution < -0.4 is 16.0 Å². The number of nitrogens with one attached hydrogen (secondary N) is 1. The third kappa shape index (κ3) is 10.4. The Hall–Kier alpha value is -3.64. The maximum atomic E-state index is 12.6. The number of anilines is 1. The predicted molar refractivity (Wildman–Crippen MR) is 119 cm³/mol. The van der Waals surface area contributed by atoms with Gasteiger partial charge in [0, 0.05) is 0 Å². The van der Waals surface area contributed by atoms with Crippen molar-refractivity contribution in [1.82, 2.24) is 0 Å². The maximum Gasteiger partial charge on any atom is 0.490 e. The van der Waals surface area contributed by atoms with Gasteiger partial charge in [-0.1, -0.05) is 44.2 Å². The lowest BCUT2D eigenvalue weighted by Crippen LogP contribution is -2.34. The molecule has 0 saturated heterocycles. The average Bonchev–Trinajstić information content (AvgIpc) is 2.81. The fourth-order valence-corrected chi connectivity index (χ4v) is 2.60. The Kier molecular flexibility index (Phi) is 11.7. The van der Waals surface area contributed by atoms with Gasteiger partial charge in [0.25, 0.3) is 5.91 Å². The number of hydrogen-bond donors (Lipinski definition) is 3. The first-order chi connectivity index (χ1) is 16.4. The van der Waals surface area contributed by atoms with Gasteiger partial charge in [0.15, 0.2) is 6.10 Å². The largest absolute Gasteiger partial charge is 0.490 e. The molecule has 35 heavy (non-hydrogen) atoms. The Morgan fingerprint density at radius 1 is 1.09 bits per heavy atom. The van der Waals surface area contributed by atoms with E-state index in [9.17, 15) is 22.8 Å². The molecular weight excluding hydrogens is 473 g/mol. The number of ether oxygens (including phenoxy) is 2. The minimum Gasteiger partial charge on any atom is -0.487 e. The smallest absolute Gasteiger partial charge is 0.487 e. The Morgan fingerprint density at radius 2 is 1.69 bits per heavy atom. The molecule has 192 valence electrons. The molecule has 0 aliphatic heterocycles. The third-order valence-corrected chi connectivity index (χ3v) is 4.28. The lowest BCUT2D eigenvalue weighted by atomic mass is 10.1. The monoisotopic (exact) mass is 500 g/mol. The van der Waals surface area contributed by atoms with E-state index in [1.54, 1.807) is 12.1 Å². The molecule has 1 unspecified atom stereocenters. The summed E-state index contributed by atoms with van der Waals surface area (Å²) in [5.74, 6) is 2.23. The van der Waals surface area contributed by atoms with Gasteiger partial charge in [-0.05, 0) is 36.1 Å². The molecule has 1 amide bonds. The van der Waals surface area contributed by atoms with Crippen LogP contribution in [0.25, 0.3) is 0 Å². The van der Waals surface area contributed by atoms with Gasteiger partial charge in [0.1, 0.15) is 12.4 Å². The standard InChI is InChI=1S/C21H26N2O5.C2HF3O2/c1-14(2)11-19(28-22)20(24)23-17-12-16(21(25)26-3)9-10-18(17)27-13-15-7-5-4-6-8-15;3-2(4,5)1(6)7/h4-10,12,14,19H,11,13,22H2,1-3H3,(H,23,24);(H,6,7). The molecule has 2 aromatic rings. The van der Waals surface area contributed by atoms with Gasteiger partial charge in [-0.2, -0.15) is 13.2 Å². The van der Waals surface area contributed by atoms with Crippen LogP contribution in [0.3, 0.4) is 0 Å². The predicted octanol–water partition coefficient (Wildman–Crippen LogP) is 3.93. The zero-order valence-corrected chi connectivity index (χ0v) is 19.3. The fourth-order valence-electron chi connectivity index (χ4n) is 2.60. The summed E-state index contributed by atoms with van der Waals surface area (Å²) in [5.41, 5.74) is 1.60. The normalized spacial score (nSPS) is 11.7. The number of carbonyl (C=O) groups excluding carboxylic acids is 2. The number of benzene rings is 2. The first-order valence-corrected chi connectivity index (χ1v) is 10.2. The van der Waals surface area contributed by atoms with Crippen LogP contribution in [-0.4, -0.2) is 42.3 Å². The highest BCUT2D eigenvalue weighted by molar-refractivity contribution is 5.98. The summed E-state index contributed by atoms with van der Waals surface area (Å²) in [6.07, 6.45) is -5.44. The summed E-state index contributed by atoms with van der Waals surface area (Å²) >= 11 is 0. The summed E-state index contributed by atoms with van der Waals surface area (Å²) in [6.45, 7) is 4.24. The van der Waals surface area contributed by atoms with Gasteiger partial charge in [-0.15, -0.1) is 0 Å². The van der Waals surface area contributed by atoms with Crippen LogP contribution in [0.2, 0.25) is 0 Å². The number of halogens is 3. The Bertz CT molecular complexity index is 983. The zero-order valence-electron chi connectivity index (χ0n) is 19.3. The lowest BCUT2D eigenvalue weighted by molar-refractivity contribution is -0.192. The minimum absolute atomic E-state index is 0.217. The van der Waals surface area contributed by atoms with E-state index in [-0.39, 0.29) is 5.92 Å². The summed E-state index contributed by atoms with van der Waals surface area (Å²) in [4.78, 5) is 38.1. The molecule has 4 N–H and O–H groups in total. The molecule has 0 spiro atoms. The van der Waals surface area contributed by atoms with Crippen molar-refractivity contribution in [3.8, 4) is 5.75 Å². The molecule has 0 bridgehead atoms. The van der Waals surface area contributed by atoms with Gasteiger partial charge in [-0.25, -0.2) is 15.5 Å². The zero-order chi connectivity index (χ0) is 26.6. The van der Waals surface area contributed by atoms with Gasteiger partial charge in [0.2, 0.25) is 0 Å². The van der Waals surface area contributed by atoms with Crippen molar-refractivity contribution >= 4 is 23.5 Å². The SMILES string of the molecule is COC(=O)c1ccc(OCc2ccccc2)c(NC(=O)C(CC(C)C)ON)c1.O=C(O)C(F)(F)F. The Labute approximate surface area is 199 Å². The summed E-state index contributed by atoms with van der Waals surface area (Å²) < 4.78 is 42.3. The number of amides is 1. The van der Waals surface area contributed by atoms with Gasteiger partial charge >= 0.3 is 18.1 Å². The molecule has 2 aromatic carbocycles. The summed E-state index contributed by atoms with van der Waals surface area (Å²) in [6, 6.07) is 14.3. The molecule has 0 saturated carbocycles. The number of rotatable bonds is 9. The summed E-state index contributed by atoms with van der Waals surface area (Å²) in [7, 11) is 1.29. The van der Waals surface area contributed by atoms with Crippen molar-refractivity contribution in [2.24, 2.45) is 11.8 Å². The van der Waals surface area contributed by atoms with E-state index in [4.69, 9.17) is 30.1 Å². The van der Waals surface area contributed by atoms with E-state index in [0.29, 0.717) is 30.0 Å². The van der Waals surface area contributed by atoms with E-state index >= 15 is 0 Å². The molecule has 1 atom stereocenters. The number of hydrogen-bond acceptors (Lipinski definition) is 7. The average molecular weight is 500 g/mol. The quantitative estimate of drug-likeness (QED) is 0.348. The molecule has 0 aliphatic rings. The maximum absolute atomic E-state index is 12.6. The number of methoxy groups -OCH3 is 1. The van der Waals surface area contributed by atoms with Crippen LogP contribution in [0.15, 0.2) is 48.5 Å². The first kappa shape index (κ1) is 29.4. The molecular formula is C23H27F3N2O7. The highest BCUT2D eigenvalue weighted by Crippen LogP contribution is 2.28. The van der Waals surface area contributed by atoms with Crippen molar-refractivity contribution < 1.29 is 47.0 Å². The van der Waals surface area contributed by atoms with Gasteiger partial charge in [0.05, 0.1) is 18.4 Å². The first-order valence-electron chi connectivity index (χ1n) is 10.2.